The number of benzene rings is 3. The van der Waals surface area contributed by atoms with Crippen LogP contribution in [0, 0.1) is 6.92 Å². The summed E-state index contributed by atoms with van der Waals surface area (Å²) in [5.41, 5.74) is 6.21. The van der Waals surface area contributed by atoms with Crippen molar-refractivity contribution in [1.82, 2.24) is 4.90 Å². The van der Waals surface area contributed by atoms with E-state index < -0.39 is 11.9 Å². The Morgan fingerprint density at radius 3 is 1.82 bits per heavy atom. The zero-order valence-corrected chi connectivity index (χ0v) is 19.7. The van der Waals surface area contributed by atoms with Crippen molar-refractivity contribution in [2.75, 3.05) is 14.1 Å². The first-order valence-electron chi connectivity index (χ1n) is 10.7. The first kappa shape index (κ1) is 26.2. The van der Waals surface area contributed by atoms with Gasteiger partial charge < -0.3 is 15.1 Å². The van der Waals surface area contributed by atoms with Gasteiger partial charge in [0.15, 0.2) is 5.78 Å². The van der Waals surface area contributed by atoms with Gasteiger partial charge in [-0.25, -0.2) is 9.59 Å². The summed E-state index contributed by atoms with van der Waals surface area (Å²) in [6.07, 6.45) is 1.12. The summed E-state index contributed by atoms with van der Waals surface area (Å²) in [6.45, 7) is 4.26. The summed E-state index contributed by atoms with van der Waals surface area (Å²) in [5, 5.41) is 15.6. The summed E-state index contributed by atoms with van der Waals surface area (Å²) in [4.78, 5) is 33.9. The summed E-state index contributed by atoms with van der Waals surface area (Å²) < 4.78 is 0. The number of carbonyl (C=O) groups is 3. The molecule has 0 heterocycles. The molecule has 0 spiro atoms. The molecule has 6 nitrogen and oxygen atoms in total. The Morgan fingerprint density at radius 2 is 1.35 bits per heavy atom. The van der Waals surface area contributed by atoms with Crippen LogP contribution < -0.4 is 0 Å². The maximum absolute atomic E-state index is 12.6. The van der Waals surface area contributed by atoms with E-state index in [2.05, 4.69) is 63.2 Å². The average molecular weight is 460 g/mol. The number of nitrogens with zero attached hydrogens (tertiary/aromatic N) is 1. The lowest BCUT2D eigenvalue weighted by atomic mass is 9.94. The maximum Gasteiger partial charge on any atom is 0.328 e. The molecule has 3 aromatic carbocycles. The van der Waals surface area contributed by atoms with E-state index in [0.29, 0.717) is 18.2 Å². The Labute approximate surface area is 199 Å². The molecular formula is C28H29NO5. The standard InChI is InChI=1S/C24H25NO.C4H4O4/c1-17-16-22(24(26)21-8-6-5-7-9-21)14-15-23(17)20-12-10-19(11-13-20)18(2)25(3)4;5-3(6)1-2-4(7)8/h5-16,18H,1-4H3;1-2H,(H,5,6)(H,7,8)/b;2-1+. The molecule has 3 rings (SSSR count). The number of hydrogen-bond acceptors (Lipinski definition) is 4. The van der Waals surface area contributed by atoms with Crippen molar-refractivity contribution in [1.29, 1.82) is 0 Å². The third-order valence-corrected chi connectivity index (χ3v) is 5.37. The van der Waals surface area contributed by atoms with Gasteiger partial charge in [-0.05, 0) is 56.3 Å². The van der Waals surface area contributed by atoms with Gasteiger partial charge >= 0.3 is 11.9 Å². The van der Waals surface area contributed by atoms with E-state index in [1.807, 2.05) is 42.5 Å². The van der Waals surface area contributed by atoms with E-state index in [1.165, 1.54) is 16.7 Å². The minimum absolute atomic E-state index is 0.0652. The van der Waals surface area contributed by atoms with Crippen molar-refractivity contribution in [3.8, 4) is 11.1 Å². The van der Waals surface area contributed by atoms with Crippen LogP contribution in [0.1, 0.15) is 40.0 Å². The van der Waals surface area contributed by atoms with Crippen LogP contribution in [0.15, 0.2) is 84.9 Å². The molecule has 0 aromatic heterocycles. The molecule has 0 saturated heterocycles. The fourth-order valence-corrected chi connectivity index (χ4v) is 3.27. The molecule has 0 saturated carbocycles. The van der Waals surface area contributed by atoms with Crippen molar-refractivity contribution in [3.63, 3.8) is 0 Å². The zero-order chi connectivity index (χ0) is 25.3. The molecule has 0 amide bonds. The predicted molar refractivity (Wildman–Crippen MR) is 133 cm³/mol. The van der Waals surface area contributed by atoms with Gasteiger partial charge in [0.1, 0.15) is 0 Å². The molecule has 1 atom stereocenters. The van der Waals surface area contributed by atoms with Gasteiger partial charge in [-0.15, -0.1) is 0 Å². The Kier molecular flexibility index (Phi) is 9.47. The van der Waals surface area contributed by atoms with Crippen LogP contribution in [0.4, 0.5) is 0 Å². The summed E-state index contributed by atoms with van der Waals surface area (Å²) in [7, 11) is 4.18. The molecule has 2 N–H and O–H groups in total. The summed E-state index contributed by atoms with van der Waals surface area (Å²) >= 11 is 0. The van der Waals surface area contributed by atoms with Crippen LogP contribution in [0.25, 0.3) is 11.1 Å². The quantitative estimate of drug-likeness (QED) is 0.371. The molecule has 0 aliphatic rings. The molecule has 176 valence electrons. The van der Waals surface area contributed by atoms with E-state index in [9.17, 15) is 14.4 Å². The molecular weight excluding hydrogens is 430 g/mol. The van der Waals surface area contributed by atoms with Crippen molar-refractivity contribution in [2.45, 2.75) is 19.9 Å². The van der Waals surface area contributed by atoms with Gasteiger partial charge in [0.2, 0.25) is 0 Å². The van der Waals surface area contributed by atoms with Gasteiger partial charge in [0.05, 0.1) is 0 Å². The lowest BCUT2D eigenvalue weighted by Crippen LogP contribution is -2.16. The van der Waals surface area contributed by atoms with Gasteiger partial charge in [-0.3, -0.25) is 4.79 Å². The topological polar surface area (TPSA) is 94.9 Å². The monoisotopic (exact) mass is 459 g/mol. The third-order valence-electron chi connectivity index (χ3n) is 5.37. The molecule has 6 heteroatoms. The maximum atomic E-state index is 12.6. The molecule has 3 aromatic rings. The van der Waals surface area contributed by atoms with Crippen molar-refractivity contribution in [2.24, 2.45) is 0 Å². The average Bonchev–Trinajstić information content (AvgIpc) is 2.83. The number of carboxylic acids is 2. The second-order valence-electron chi connectivity index (χ2n) is 8.00. The lowest BCUT2D eigenvalue weighted by Gasteiger charge is -2.20. The number of aryl methyl sites for hydroxylation is 1. The lowest BCUT2D eigenvalue weighted by molar-refractivity contribution is -0.134. The molecule has 0 aliphatic heterocycles. The van der Waals surface area contributed by atoms with Crippen LogP contribution in [0.3, 0.4) is 0 Å². The van der Waals surface area contributed by atoms with Crippen LogP contribution in [0.5, 0.6) is 0 Å². The largest absolute Gasteiger partial charge is 0.478 e. The first-order valence-corrected chi connectivity index (χ1v) is 10.7. The van der Waals surface area contributed by atoms with Crippen LogP contribution in [-0.2, 0) is 9.59 Å². The minimum Gasteiger partial charge on any atom is -0.478 e. The highest BCUT2D eigenvalue weighted by Crippen LogP contribution is 2.27. The van der Waals surface area contributed by atoms with Crippen molar-refractivity contribution < 1.29 is 24.6 Å². The number of carbonyl (C=O) groups excluding carboxylic acids is 1. The second kappa shape index (κ2) is 12.3. The number of carboxylic acid groups (broad SMARTS) is 2. The molecule has 1 unspecified atom stereocenters. The van der Waals surface area contributed by atoms with Gasteiger partial charge in [-0.1, -0.05) is 66.7 Å². The van der Waals surface area contributed by atoms with Crippen LogP contribution in [0.2, 0.25) is 0 Å². The van der Waals surface area contributed by atoms with E-state index in [1.54, 1.807) is 0 Å². The van der Waals surface area contributed by atoms with Gasteiger partial charge in [0.25, 0.3) is 0 Å². The Hall–Kier alpha value is -4.03. The zero-order valence-electron chi connectivity index (χ0n) is 19.7. The Morgan fingerprint density at radius 1 is 0.794 bits per heavy atom. The number of hydrogen-bond donors (Lipinski definition) is 2. The minimum atomic E-state index is -1.26. The highest BCUT2D eigenvalue weighted by molar-refractivity contribution is 6.09. The van der Waals surface area contributed by atoms with E-state index in [-0.39, 0.29) is 5.78 Å². The highest BCUT2D eigenvalue weighted by atomic mass is 16.4. The second-order valence-corrected chi connectivity index (χ2v) is 8.00. The normalized spacial score (nSPS) is 11.6. The fourth-order valence-electron chi connectivity index (χ4n) is 3.27. The summed E-state index contributed by atoms with van der Waals surface area (Å²) in [6, 6.07) is 24.5. The van der Waals surface area contributed by atoms with Gasteiger partial charge in [-0.2, -0.15) is 0 Å². The fraction of sp³-hybridized carbons (Fsp3) is 0.179. The van der Waals surface area contributed by atoms with Crippen molar-refractivity contribution >= 4 is 17.7 Å². The molecule has 0 bridgehead atoms. The SMILES string of the molecule is Cc1cc(C(=O)c2ccccc2)ccc1-c1ccc(C(C)N(C)C)cc1.O=C(O)/C=C/C(=O)O. The molecule has 0 radical (unpaired) electrons. The van der Waals surface area contributed by atoms with E-state index in [4.69, 9.17) is 10.2 Å². The van der Waals surface area contributed by atoms with Crippen LogP contribution >= 0.6 is 0 Å². The molecule has 34 heavy (non-hydrogen) atoms. The van der Waals surface area contributed by atoms with Crippen LogP contribution in [-0.4, -0.2) is 46.9 Å². The Bertz CT molecular complexity index is 1150. The number of aliphatic carboxylic acids is 2. The van der Waals surface area contributed by atoms with Crippen molar-refractivity contribution in [3.05, 3.63) is 107 Å². The van der Waals surface area contributed by atoms with Gasteiger partial charge in [0, 0.05) is 29.3 Å². The van der Waals surface area contributed by atoms with E-state index in [0.717, 1.165) is 16.7 Å². The number of rotatable bonds is 7. The third kappa shape index (κ3) is 7.53. The Balaban J connectivity index is 0.000000440. The molecule has 0 fully saturated rings. The number of ketones is 1. The predicted octanol–water partition coefficient (Wildman–Crippen LogP) is 5.23. The first-order chi connectivity index (χ1) is 16.1. The molecule has 0 aliphatic carbocycles. The highest BCUT2D eigenvalue weighted by Gasteiger charge is 2.12. The smallest absolute Gasteiger partial charge is 0.328 e. The van der Waals surface area contributed by atoms with E-state index >= 15 is 0 Å². The summed E-state index contributed by atoms with van der Waals surface area (Å²) in [5.74, 6) is -2.45.